The van der Waals surface area contributed by atoms with Crippen molar-refractivity contribution in [2.24, 2.45) is 0 Å². The molecule has 0 N–H and O–H groups in total. The maximum Gasteiger partial charge on any atom is 0.261 e. The molecule has 1 saturated heterocycles. The van der Waals surface area contributed by atoms with Crippen LogP contribution in [0.5, 0.6) is 0 Å². The van der Waals surface area contributed by atoms with E-state index in [-0.39, 0.29) is 4.90 Å². The lowest BCUT2D eigenvalue weighted by Crippen LogP contribution is -2.29. The molecule has 2 aromatic rings. The van der Waals surface area contributed by atoms with Crippen molar-refractivity contribution in [1.82, 2.24) is 4.90 Å². The minimum Gasteiger partial charge on any atom is -0.299 e. The van der Waals surface area contributed by atoms with Crippen LogP contribution in [-0.4, -0.2) is 26.4 Å². The van der Waals surface area contributed by atoms with Crippen LogP contribution >= 0.6 is 10.7 Å². The van der Waals surface area contributed by atoms with Gasteiger partial charge in [-0.15, -0.1) is 0 Å². The number of hydrogen-bond donors (Lipinski definition) is 0. The highest BCUT2D eigenvalue weighted by molar-refractivity contribution is 8.13. The summed E-state index contributed by atoms with van der Waals surface area (Å²) in [6.45, 7) is 2.92. The number of rotatable bonds is 4. The van der Waals surface area contributed by atoms with Crippen LogP contribution in [-0.2, 0) is 15.6 Å². The SMILES string of the molecule is O=S(=O)(Cl)c1cc(CN2CCCCC2)ccc1-c1ccccc1. The van der Waals surface area contributed by atoms with Crippen LogP contribution < -0.4 is 0 Å². The molecule has 3 nitrogen and oxygen atoms in total. The quantitative estimate of drug-likeness (QED) is 0.774. The van der Waals surface area contributed by atoms with E-state index in [0.29, 0.717) is 5.56 Å². The van der Waals surface area contributed by atoms with Crippen LogP contribution in [0, 0.1) is 0 Å². The lowest BCUT2D eigenvalue weighted by Gasteiger charge is -2.26. The third-order valence-corrected chi connectivity index (χ3v) is 5.61. The van der Waals surface area contributed by atoms with Crippen molar-refractivity contribution in [3.05, 3.63) is 54.1 Å². The maximum atomic E-state index is 12.0. The molecule has 1 fully saturated rings. The van der Waals surface area contributed by atoms with Crippen LogP contribution in [0.1, 0.15) is 24.8 Å². The van der Waals surface area contributed by atoms with E-state index < -0.39 is 9.05 Å². The summed E-state index contributed by atoms with van der Waals surface area (Å²) >= 11 is 0. The van der Waals surface area contributed by atoms with Crippen LogP contribution in [0.25, 0.3) is 11.1 Å². The van der Waals surface area contributed by atoms with Crippen LogP contribution in [0.4, 0.5) is 0 Å². The van der Waals surface area contributed by atoms with E-state index in [0.717, 1.165) is 30.8 Å². The first-order valence-corrected chi connectivity index (χ1v) is 10.2. The normalized spacial score (nSPS) is 16.4. The third-order valence-electron chi connectivity index (χ3n) is 4.25. The summed E-state index contributed by atoms with van der Waals surface area (Å²) in [5, 5.41) is 0. The van der Waals surface area contributed by atoms with Gasteiger partial charge in [0.1, 0.15) is 0 Å². The first-order valence-electron chi connectivity index (χ1n) is 7.89. The van der Waals surface area contributed by atoms with E-state index in [1.165, 1.54) is 19.3 Å². The lowest BCUT2D eigenvalue weighted by molar-refractivity contribution is 0.221. The van der Waals surface area contributed by atoms with Gasteiger partial charge in [0, 0.05) is 22.8 Å². The van der Waals surface area contributed by atoms with E-state index in [1.807, 2.05) is 42.5 Å². The summed E-state index contributed by atoms with van der Waals surface area (Å²) < 4.78 is 24.0. The number of likely N-dealkylation sites (tertiary alicyclic amines) is 1. The van der Waals surface area contributed by atoms with E-state index in [2.05, 4.69) is 4.90 Å². The Hall–Kier alpha value is -1.36. The van der Waals surface area contributed by atoms with E-state index in [1.54, 1.807) is 6.07 Å². The molecule has 0 aromatic heterocycles. The van der Waals surface area contributed by atoms with Gasteiger partial charge in [0.15, 0.2) is 0 Å². The van der Waals surface area contributed by atoms with Gasteiger partial charge in [-0.2, -0.15) is 0 Å². The predicted octanol–water partition coefficient (Wildman–Crippen LogP) is 4.27. The first-order chi connectivity index (χ1) is 11.0. The van der Waals surface area contributed by atoms with Gasteiger partial charge in [0.25, 0.3) is 9.05 Å². The summed E-state index contributed by atoms with van der Waals surface area (Å²) in [7, 11) is 1.90. The molecule has 0 saturated carbocycles. The minimum absolute atomic E-state index is 0.194. The van der Waals surface area contributed by atoms with Gasteiger partial charge in [-0.3, -0.25) is 4.90 Å². The zero-order valence-electron chi connectivity index (χ0n) is 12.9. The Morgan fingerprint density at radius 1 is 0.957 bits per heavy atom. The van der Waals surface area contributed by atoms with Crippen molar-refractivity contribution in [3.8, 4) is 11.1 Å². The predicted molar refractivity (Wildman–Crippen MR) is 94.0 cm³/mol. The monoisotopic (exact) mass is 349 g/mol. The van der Waals surface area contributed by atoms with Gasteiger partial charge in [0.2, 0.25) is 0 Å². The smallest absolute Gasteiger partial charge is 0.261 e. The molecule has 0 bridgehead atoms. The molecule has 1 heterocycles. The maximum absolute atomic E-state index is 12.0. The van der Waals surface area contributed by atoms with Gasteiger partial charge < -0.3 is 0 Å². The Morgan fingerprint density at radius 2 is 1.65 bits per heavy atom. The standard InChI is InChI=1S/C18H20ClNO2S/c19-23(21,22)18-13-15(14-20-11-5-2-6-12-20)9-10-17(18)16-7-3-1-4-8-16/h1,3-4,7-10,13H,2,5-6,11-12,14H2. The molecule has 1 aliphatic rings. The Kier molecular flexibility index (Phi) is 5.05. The average Bonchev–Trinajstić information content (AvgIpc) is 2.56. The van der Waals surface area contributed by atoms with E-state index >= 15 is 0 Å². The number of nitrogens with zero attached hydrogens (tertiary/aromatic N) is 1. The van der Waals surface area contributed by atoms with Gasteiger partial charge in [-0.05, 0) is 43.1 Å². The average molecular weight is 350 g/mol. The second-order valence-electron chi connectivity index (χ2n) is 5.97. The summed E-state index contributed by atoms with van der Waals surface area (Å²) in [4.78, 5) is 2.56. The highest BCUT2D eigenvalue weighted by Crippen LogP contribution is 2.31. The second-order valence-corrected chi connectivity index (χ2v) is 8.51. The summed E-state index contributed by atoms with van der Waals surface area (Å²) in [6.07, 6.45) is 3.70. The first kappa shape index (κ1) is 16.5. The third kappa shape index (κ3) is 4.14. The molecule has 0 aliphatic carbocycles. The number of piperidine rings is 1. The molecular formula is C18H20ClNO2S. The fourth-order valence-corrected chi connectivity index (χ4v) is 4.22. The molecule has 0 spiro atoms. The van der Waals surface area contributed by atoms with Gasteiger partial charge >= 0.3 is 0 Å². The Labute approximate surface area is 142 Å². The highest BCUT2D eigenvalue weighted by Gasteiger charge is 2.19. The van der Waals surface area contributed by atoms with Crippen LogP contribution in [0.15, 0.2) is 53.4 Å². The van der Waals surface area contributed by atoms with Crippen LogP contribution in [0.2, 0.25) is 0 Å². The van der Waals surface area contributed by atoms with Crippen molar-refractivity contribution in [3.63, 3.8) is 0 Å². The summed E-state index contributed by atoms with van der Waals surface area (Å²) in [5.74, 6) is 0. The molecule has 2 aromatic carbocycles. The Balaban J connectivity index is 1.96. The summed E-state index contributed by atoms with van der Waals surface area (Å²) in [5.41, 5.74) is 2.50. The van der Waals surface area contributed by atoms with Crippen molar-refractivity contribution in [1.29, 1.82) is 0 Å². The van der Waals surface area contributed by atoms with Crippen molar-refractivity contribution in [2.45, 2.75) is 30.7 Å². The number of benzene rings is 2. The molecule has 0 amide bonds. The minimum atomic E-state index is -3.79. The second kappa shape index (κ2) is 7.04. The summed E-state index contributed by atoms with van der Waals surface area (Å²) in [6, 6.07) is 15.1. The van der Waals surface area contributed by atoms with Crippen molar-refractivity contribution >= 4 is 19.7 Å². The molecule has 1 aliphatic heterocycles. The Bertz CT molecular complexity index is 769. The van der Waals surface area contributed by atoms with Gasteiger partial charge in [-0.1, -0.05) is 48.9 Å². The number of hydrogen-bond acceptors (Lipinski definition) is 3. The number of halogens is 1. The van der Waals surface area contributed by atoms with E-state index in [9.17, 15) is 8.42 Å². The van der Waals surface area contributed by atoms with Crippen molar-refractivity contribution in [2.75, 3.05) is 13.1 Å². The fourth-order valence-electron chi connectivity index (χ4n) is 3.10. The molecular weight excluding hydrogens is 330 g/mol. The zero-order chi connectivity index (χ0) is 16.3. The highest BCUT2D eigenvalue weighted by atomic mass is 35.7. The molecule has 0 unspecified atom stereocenters. The molecule has 0 radical (unpaired) electrons. The largest absolute Gasteiger partial charge is 0.299 e. The van der Waals surface area contributed by atoms with Crippen molar-refractivity contribution < 1.29 is 8.42 Å². The fraction of sp³-hybridized carbons (Fsp3) is 0.333. The molecule has 122 valence electrons. The lowest BCUT2D eigenvalue weighted by atomic mass is 10.0. The Morgan fingerprint density at radius 3 is 2.30 bits per heavy atom. The van der Waals surface area contributed by atoms with Crippen LogP contribution in [0.3, 0.4) is 0 Å². The van der Waals surface area contributed by atoms with E-state index in [4.69, 9.17) is 10.7 Å². The molecule has 3 rings (SSSR count). The molecule has 23 heavy (non-hydrogen) atoms. The van der Waals surface area contributed by atoms with Gasteiger partial charge in [0.05, 0.1) is 4.90 Å². The van der Waals surface area contributed by atoms with Gasteiger partial charge in [-0.25, -0.2) is 8.42 Å². The molecule has 5 heteroatoms. The topological polar surface area (TPSA) is 37.4 Å². The zero-order valence-corrected chi connectivity index (χ0v) is 14.5. The molecule has 0 atom stereocenters.